The largest absolute Gasteiger partial charge is 0.351 e. The monoisotopic (exact) mass is 272 g/mol. The van der Waals surface area contributed by atoms with Crippen LogP contribution in [0.3, 0.4) is 0 Å². The Morgan fingerprint density at radius 2 is 2.57 bits per heavy atom. The van der Waals surface area contributed by atoms with E-state index in [-0.39, 0.29) is 11.8 Å². The fourth-order valence-corrected chi connectivity index (χ4v) is 1.96. The first kappa shape index (κ1) is 11.2. The lowest BCUT2D eigenvalue weighted by atomic mass is 10.2. The molecule has 0 aliphatic carbocycles. The molecular weight excluding hydrogens is 264 g/mol. The number of halogens is 1. The lowest BCUT2D eigenvalue weighted by molar-refractivity contribution is 0.0951. The Hall–Kier alpha value is -0.860. The average molecular weight is 273 g/mol. The molecule has 0 aliphatic heterocycles. The molecule has 1 heterocycles. The smallest absolute Gasteiger partial charge is 0.252 e. The van der Waals surface area contributed by atoms with Gasteiger partial charge in [0.15, 0.2) is 0 Å². The van der Waals surface area contributed by atoms with Crippen LogP contribution in [-0.2, 0) is 0 Å². The van der Waals surface area contributed by atoms with Gasteiger partial charge in [-0.25, -0.2) is 0 Å². The maximum Gasteiger partial charge on any atom is 0.252 e. The van der Waals surface area contributed by atoms with Crippen molar-refractivity contribution in [1.82, 2.24) is 5.32 Å². The van der Waals surface area contributed by atoms with Gasteiger partial charge in [-0.3, -0.25) is 4.79 Å². The molecule has 1 amide bonds. The molecule has 0 saturated heterocycles. The average Bonchev–Trinajstić information content (AvgIpc) is 2.60. The summed E-state index contributed by atoms with van der Waals surface area (Å²) in [6, 6.07) is 3.82. The molecule has 1 atom stereocenters. The summed E-state index contributed by atoms with van der Waals surface area (Å²) in [6.07, 6.45) is 0. The topological polar surface area (TPSA) is 52.9 Å². The number of carbonyl (C=O) groups excluding carboxylic acids is 1. The van der Waals surface area contributed by atoms with E-state index >= 15 is 0 Å². The summed E-state index contributed by atoms with van der Waals surface area (Å²) in [6.45, 7) is 2.16. The fourth-order valence-electron chi connectivity index (χ4n) is 0.823. The minimum absolute atomic E-state index is 0.131. The molecule has 0 saturated carbocycles. The molecule has 1 aromatic heterocycles. The molecule has 0 fully saturated rings. The molecule has 0 bridgehead atoms. The van der Waals surface area contributed by atoms with Crippen LogP contribution < -0.4 is 5.32 Å². The van der Waals surface area contributed by atoms with Crippen molar-refractivity contribution in [2.75, 3.05) is 6.54 Å². The van der Waals surface area contributed by atoms with Crippen molar-refractivity contribution in [2.24, 2.45) is 5.92 Å². The number of rotatable bonds is 3. The quantitative estimate of drug-likeness (QED) is 0.919. The van der Waals surface area contributed by atoms with Crippen molar-refractivity contribution in [3.8, 4) is 6.07 Å². The highest BCUT2D eigenvalue weighted by atomic mass is 79.9. The van der Waals surface area contributed by atoms with Crippen LogP contribution in [0.15, 0.2) is 15.2 Å². The molecule has 3 nitrogen and oxygen atoms in total. The second-order valence-electron chi connectivity index (χ2n) is 2.88. The Bertz CT molecular complexity index is 369. The molecule has 1 N–H and O–H groups in total. The van der Waals surface area contributed by atoms with Gasteiger partial charge in [-0.1, -0.05) is 0 Å². The number of nitrogens with one attached hydrogen (secondary N) is 1. The molecule has 74 valence electrons. The predicted octanol–water partition coefficient (Wildman–Crippen LogP) is 2.40. The Morgan fingerprint density at radius 3 is 3.07 bits per heavy atom. The zero-order valence-electron chi connectivity index (χ0n) is 7.58. The van der Waals surface area contributed by atoms with Gasteiger partial charge in [0, 0.05) is 11.9 Å². The third-order valence-electron chi connectivity index (χ3n) is 1.62. The number of thiophene rings is 1. The Kier molecular flexibility index (Phi) is 4.11. The number of hydrogen-bond acceptors (Lipinski definition) is 3. The Balaban J connectivity index is 2.48. The minimum Gasteiger partial charge on any atom is -0.351 e. The molecule has 14 heavy (non-hydrogen) atoms. The first-order chi connectivity index (χ1) is 6.63. The normalized spacial score (nSPS) is 11.8. The van der Waals surface area contributed by atoms with Crippen LogP contribution in [0.2, 0.25) is 0 Å². The summed E-state index contributed by atoms with van der Waals surface area (Å²) < 4.78 is 0.927. The zero-order valence-corrected chi connectivity index (χ0v) is 9.98. The predicted molar refractivity (Wildman–Crippen MR) is 59.1 cm³/mol. The standard InChI is InChI=1S/C9H9BrN2OS/c1-6(3-11)4-12-9(13)7-2-8(10)14-5-7/h2,5-6H,4H2,1H3,(H,12,13). The first-order valence-electron chi connectivity index (χ1n) is 4.05. The van der Waals surface area contributed by atoms with Crippen molar-refractivity contribution >= 4 is 33.2 Å². The number of nitriles is 1. The van der Waals surface area contributed by atoms with Crippen molar-refractivity contribution < 1.29 is 4.79 Å². The summed E-state index contributed by atoms with van der Waals surface area (Å²) in [4.78, 5) is 11.4. The molecule has 1 unspecified atom stereocenters. The molecule has 0 aromatic carbocycles. The summed E-state index contributed by atoms with van der Waals surface area (Å²) in [5.74, 6) is -0.282. The Labute approximate surface area is 94.9 Å². The minimum atomic E-state index is -0.152. The number of carbonyl (C=O) groups is 1. The van der Waals surface area contributed by atoms with Crippen molar-refractivity contribution in [3.05, 3.63) is 20.8 Å². The SMILES string of the molecule is CC(C#N)CNC(=O)c1csc(Br)c1. The number of hydrogen-bond donors (Lipinski definition) is 1. The van der Waals surface area contributed by atoms with Crippen molar-refractivity contribution in [3.63, 3.8) is 0 Å². The van der Waals surface area contributed by atoms with E-state index in [0.717, 1.165) is 3.79 Å². The highest BCUT2D eigenvalue weighted by molar-refractivity contribution is 9.11. The van der Waals surface area contributed by atoms with E-state index in [4.69, 9.17) is 5.26 Å². The molecule has 5 heteroatoms. The molecule has 0 spiro atoms. The molecule has 0 radical (unpaired) electrons. The van der Waals surface area contributed by atoms with E-state index in [1.165, 1.54) is 11.3 Å². The zero-order chi connectivity index (χ0) is 10.6. The van der Waals surface area contributed by atoms with Gasteiger partial charge >= 0.3 is 0 Å². The van der Waals surface area contributed by atoms with Crippen LogP contribution in [0.25, 0.3) is 0 Å². The second-order valence-corrected chi connectivity index (χ2v) is 5.17. The van der Waals surface area contributed by atoms with Crippen LogP contribution in [0.5, 0.6) is 0 Å². The van der Waals surface area contributed by atoms with Gasteiger partial charge in [-0.15, -0.1) is 11.3 Å². The lowest BCUT2D eigenvalue weighted by Gasteiger charge is -2.03. The molecule has 1 aromatic rings. The van der Waals surface area contributed by atoms with E-state index in [1.807, 2.05) is 0 Å². The van der Waals surface area contributed by atoms with Gasteiger partial charge in [0.25, 0.3) is 5.91 Å². The highest BCUT2D eigenvalue weighted by Crippen LogP contribution is 2.20. The lowest BCUT2D eigenvalue weighted by Crippen LogP contribution is -2.27. The maximum absolute atomic E-state index is 11.4. The van der Waals surface area contributed by atoms with Gasteiger partial charge in [0.1, 0.15) is 0 Å². The van der Waals surface area contributed by atoms with E-state index in [9.17, 15) is 4.79 Å². The highest BCUT2D eigenvalue weighted by Gasteiger charge is 2.08. The van der Waals surface area contributed by atoms with Crippen LogP contribution >= 0.6 is 27.3 Å². The fraction of sp³-hybridized carbons (Fsp3) is 0.333. The number of nitrogens with zero attached hydrogens (tertiary/aromatic N) is 1. The van der Waals surface area contributed by atoms with E-state index in [0.29, 0.717) is 12.1 Å². The third kappa shape index (κ3) is 3.13. The van der Waals surface area contributed by atoms with Crippen molar-refractivity contribution in [2.45, 2.75) is 6.92 Å². The van der Waals surface area contributed by atoms with Gasteiger partial charge in [0.2, 0.25) is 0 Å². The Morgan fingerprint density at radius 1 is 1.86 bits per heavy atom. The van der Waals surface area contributed by atoms with Gasteiger partial charge in [-0.05, 0) is 28.9 Å². The van der Waals surface area contributed by atoms with Crippen LogP contribution in [0.1, 0.15) is 17.3 Å². The van der Waals surface area contributed by atoms with E-state index in [2.05, 4.69) is 27.3 Å². The molecule has 1 rings (SSSR count). The maximum atomic E-state index is 11.4. The molecule has 0 aliphatic rings. The van der Waals surface area contributed by atoms with Crippen LogP contribution in [0, 0.1) is 17.2 Å². The van der Waals surface area contributed by atoms with Gasteiger partial charge in [0.05, 0.1) is 21.3 Å². The van der Waals surface area contributed by atoms with Crippen LogP contribution in [-0.4, -0.2) is 12.5 Å². The number of amides is 1. The van der Waals surface area contributed by atoms with E-state index < -0.39 is 0 Å². The van der Waals surface area contributed by atoms with Crippen molar-refractivity contribution in [1.29, 1.82) is 5.26 Å². The van der Waals surface area contributed by atoms with Gasteiger partial charge in [-0.2, -0.15) is 5.26 Å². The second kappa shape index (κ2) is 5.13. The molecular formula is C9H9BrN2OS. The van der Waals surface area contributed by atoms with Gasteiger partial charge < -0.3 is 5.32 Å². The summed E-state index contributed by atoms with van der Waals surface area (Å²) in [7, 11) is 0. The first-order valence-corrected chi connectivity index (χ1v) is 5.72. The summed E-state index contributed by atoms with van der Waals surface area (Å²) in [5.41, 5.74) is 0.631. The summed E-state index contributed by atoms with van der Waals surface area (Å²) in [5, 5.41) is 13.0. The third-order valence-corrected chi connectivity index (χ3v) is 3.12. The summed E-state index contributed by atoms with van der Waals surface area (Å²) >= 11 is 4.74. The van der Waals surface area contributed by atoms with Crippen LogP contribution in [0.4, 0.5) is 0 Å². The van der Waals surface area contributed by atoms with E-state index in [1.54, 1.807) is 18.4 Å².